The maximum Gasteiger partial charge on any atom is 0.255 e. The molecule has 0 atom stereocenters. The molecule has 0 aliphatic rings. The maximum absolute atomic E-state index is 12.5. The quantitative estimate of drug-likeness (QED) is 0.924. The minimum atomic E-state index is -3.39. The molecule has 0 fully saturated rings. The molecule has 128 valence electrons. The highest BCUT2D eigenvalue weighted by Gasteiger charge is 2.17. The summed E-state index contributed by atoms with van der Waals surface area (Å²) in [5.41, 5.74) is 4.45. The van der Waals surface area contributed by atoms with Crippen molar-refractivity contribution in [3.8, 4) is 0 Å². The van der Waals surface area contributed by atoms with E-state index >= 15 is 0 Å². The van der Waals surface area contributed by atoms with Gasteiger partial charge >= 0.3 is 0 Å². The molecule has 0 saturated carbocycles. The summed E-state index contributed by atoms with van der Waals surface area (Å²) in [6.07, 6.45) is 1.13. The van der Waals surface area contributed by atoms with E-state index in [1.165, 1.54) is 11.4 Å². The molecule has 0 heterocycles. The molecule has 0 aliphatic carbocycles. The molecular formula is C18H22N2O3S. The molecule has 5 nitrogen and oxygen atoms in total. The van der Waals surface area contributed by atoms with Crippen molar-refractivity contribution in [3.63, 3.8) is 0 Å². The number of sulfonamides is 1. The number of nitrogens with one attached hydrogen (secondary N) is 1. The zero-order chi connectivity index (χ0) is 18.1. The van der Waals surface area contributed by atoms with Crippen molar-refractivity contribution in [2.45, 2.75) is 20.8 Å². The standard InChI is InChI=1S/C18H22N2O3S/c1-12-6-7-13(2)16(10-12)19-18(21)15-9-8-14(3)17(11-15)20(4)24(5,22)23/h6-11H,1-5H3,(H,19,21). The highest BCUT2D eigenvalue weighted by atomic mass is 32.2. The van der Waals surface area contributed by atoms with Crippen LogP contribution in [0.25, 0.3) is 0 Å². The van der Waals surface area contributed by atoms with E-state index in [0.29, 0.717) is 11.3 Å². The second-order valence-electron chi connectivity index (χ2n) is 6.00. The lowest BCUT2D eigenvalue weighted by Gasteiger charge is -2.20. The van der Waals surface area contributed by atoms with E-state index in [4.69, 9.17) is 0 Å². The first kappa shape index (κ1) is 18.0. The first-order valence-corrected chi connectivity index (χ1v) is 9.37. The summed E-state index contributed by atoms with van der Waals surface area (Å²) in [4.78, 5) is 12.5. The monoisotopic (exact) mass is 346 g/mol. The molecule has 0 aromatic heterocycles. The lowest BCUT2D eigenvalue weighted by molar-refractivity contribution is 0.102. The van der Waals surface area contributed by atoms with Crippen molar-refractivity contribution in [1.82, 2.24) is 0 Å². The number of amides is 1. The Balaban J connectivity index is 2.35. The van der Waals surface area contributed by atoms with Crippen LogP contribution in [0.5, 0.6) is 0 Å². The Morgan fingerprint density at radius 2 is 1.62 bits per heavy atom. The minimum Gasteiger partial charge on any atom is -0.322 e. The molecule has 2 rings (SSSR count). The zero-order valence-electron chi connectivity index (χ0n) is 14.5. The Kier molecular flexibility index (Phi) is 4.99. The number of hydrogen-bond donors (Lipinski definition) is 1. The summed E-state index contributed by atoms with van der Waals surface area (Å²) >= 11 is 0. The van der Waals surface area contributed by atoms with Crippen molar-refractivity contribution < 1.29 is 13.2 Å². The third-order valence-electron chi connectivity index (χ3n) is 3.95. The van der Waals surface area contributed by atoms with Gasteiger partial charge < -0.3 is 5.32 Å². The number of anilines is 2. The fourth-order valence-corrected chi connectivity index (χ4v) is 2.89. The Morgan fingerprint density at radius 1 is 1.00 bits per heavy atom. The van der Waals surface area contributed by atoms with Crippen LogP contribution in [-0.4, -0.2) is 27.6 Å². The number of nitrogens with zero attached hydrogens (tertiary/aromatic N) is 1. The normalized spacial score (nSPS) is 11.2. The van der Waals surface area contributed by atoms with Crippen LogP contribution < -0.4 is 9.62 Å². The molecule has 0 bridgehead atoms. The van der Waals surface area contributed by atoms with Crippen LogP contribution in [0, 0.1) is 20.8 Å². The fourth-order valence-electron chi connectivity index (χ4n) is 2.33. The Hall–Kier alpha value is -2.34. The first-order valence-electron chi connectivity index (χ1n) is 7.53. The van der Waals surface area contributed by atoms with Crippen molar-refractivity contribution in [2.75, 3.05) is 22.9 Å². The number of benzene rings is 2. The van der Waals surface area contributed by atoms with E-state index in [-0.39, 0.29) is 5.91 Å². The summed E-state index contributed by atoms with van der Waals surface area (Å²) in [6, 6.07) is 10.9. The molecule has 2 aromatic carbocycles. The molecule has 0 unspecified atom stereocenters. The van der Waals surface area contributed by atoms with Crippen LogP contribution in [0.3, 0.4) is 0 Å². The van der Waals surface area contributed by atoms with Gasteiger partial charge in [0.25, 0.3) is 5.91 Å². The summed E-state index contributed by atoms with van der Waals surface area (Å²) in [5.74, 6) is -0.271. The van der Waals surface area contributed by atoms with E-state index < -0.39 is 10.0 Å². The van der Waals surface area contributed by atoms with Gasteiger partial charge in [-0.25, -0.2) is 8.42 Å². The van der Waals surface area contributed by atoms with Gasteiger partial charge in [0, 0.05) is 18.3 Å². The second kappa shape index (κ2) is 6.65. The molecule has 0 radical (unpaired) electrons. The average molecular weight is 346 g/mol. The average Bonchev–Trinajstić information content (AvgIpc) is 2.49. The van der Waals surface area contributed by atoms with E-state index in [2.05, 4.69) is 5.32 Å². The maximum atomic E-state index is 12.5. The van der Waals surface area contributed by atoms with Crippen LogP contribution >= 0.6 is 0 Å². The molecule has 1 amide bonds. The largest absolute Gasteiger partial charge is 0.322 e. The van der Waals surface area contributed by atoms with Gasteiger partial charge in [0.2, 0.25) is 10.0 Å². The predicted molar refractivity (Wildman–Crippen MR) is 98.3 cm³/mol. The van der Waals surface area contributed by atoms with Gasteiger partial charge in [0.05, 0.1) is 11.9 Å². The summed E-state index contributed by atoms with van der Waals surface area (Å²) in [7, 11) is -1.91. The van der Waals surface area contributed by atoms with E-state index in [1.54, 1.807) is 18.2 Å². The summed E-state index contributed by atoms with van der Waals surface area (Å²) in [6.45, 7) is 5.69. The molecular weight excluding hydrogens is 324 g/mol. The third-order valence-corrected chi connectivity index (χ3v) is 5.14. The lowest BCUT2D eigenvalue weighted by Crippen LogP contribution is -2.26. The molecule has 24 heavy (non-hydrogen) atoms. The number of hydrogen-bond acceptors (Lipinski definition) is 3. The van der Waals surface area contributed by atoms with Crippen LogP contribution in [-0.2, 0) is 10.0 Å². The van der Waals surface area contributed by atoms with E-state index in [0.717, 1.165) is 28.6 Å². The van der Waals surface area contributed by atoms with Crippen LogP contribution in [0.15, 0.2) is 36.4 Å². The van der Waals surface area contributed by atoms with Gasteiger partial charge in [-0.2, -0.15) is 0 Å². The fraction of sp³-hybridized carbons (Fsp3) is 0.278. The molecule has 6 heteroatoms. The molecule has 0 saturated heterocycles. The molecule has 1 N–H and O–H groups in total. The van der Waals surface area contributed by atoms with Crippen molar-refractivity contribution in [3.05, 3.63) is 58.7 Å². The van der Waals surface area contributed by atoms with Crippen molar-refractivity contribution in [1.29, 1.82) is 0 Å². The van der Waals surface area contributed by atoms with Gasteiger partial charge in [-0.3, -0.25) is 9.10 Å². The predicted octanol–water partition coefficient (Wildman–Crippen LogP) is 3.26. The lowest BCUT2D eigenvalue weighted by atomic mass is 10.1. The summed E-state index contributed by atoms with van der Waals surface area (Å²) < 4.78 is 24.7. The number of aryl methyl sites for hydroxylation is 3. The van der Waals surface area contributed by atoms with Crippen LogP contribution in [0.2, 0.25) is 0 Å². The Labute approximate surface area is 143 Å². The Morgan fingerprint density at radius 3 is 2.25 bits per heavy atom. The zero-order valence-corrected chi connectivity index (χ0v) is 15.4. The molecule has 0 aliphatic heterocycles. The van der Waals surface area contributed by atoms with Gasteiger partial charge in [-0.15, -0.1) is 0 Å². The van der Waals surface area contributed by atoms with E-state index in [9.17, 15) is 13.2 Å². The SMILES string of the molecule is Cc1ccc(C)c(NC(=O)c2ccc(C)c(N(C)S(C)(=O)=O)c2)c1. The Bertz CT molecular complexity index is 889. The van der Waals surface area contributed by atoms with Crippen LogP contribution in [0.4, 0.5) is 11.4 Å². The first-order chi connectivity index (χ1) is 11.1. The topological polar surface area (TPSA) is 66.5 Å². The van der Waals surface area contributed by atoms with Gasteiger partial charge in [-0.1, -0.05) is 18.2 Å². The number of carbonyl (C=O) groups is 1. The third kappa shape index (κ3) is 3.94. The molecule has 0 spiro atoms. The second-order valence-corrected chi connectivity index (χ2v) is 8.02. The van der Waals surface area contributed by atoms with Gasteiger partial charge in [-0.05, 0) is 55.7 Å². The highest BCUT2D eigenvalue weighted by molar-refractivity contribution is 7.92. The van der Waals surface area contributed by atoms with Gasteiger partial charge in [0.15, 0.2) is 0 Å². The molecule has 2 aromatic rings. The van der Waals surface area contributed by atoms with Gasteiger partial charge in [0.1, 0.15) is 0 Å². The van der Waals surface area contributed by atoms with Crippen molar-refractivity contribution >= 4 is 27.3 Å². The minimum absolute atomic E-state index is 0.271. The highest BCUT2D eigenvalue weighted by Crippen LogP contribution is 2.24. The van der Waals surface area contributed by atoms with Crippen molar-refractivity contribution in [2.24, 2.45) is 0 Å². The van der Waals surface area contributed by atoms with E-state index in [1.807, 2.05) is 39.0 Å². The van der Waals surface area contributed by atoms with Crippen LogP contribution in [0.1, 0.15) is 27.0 Å². The smallest absolute Gasteiger partial charge is 0.255 e. The number of rotatable bonds is 4. The summed E-state index contributed by atoms with van der Waals surface area (Å²) in [5, 5.41) is 2.88. The number of carbonyl (C=O) groups excluding carboxylic acids is 1.